The molecule has 4 fully saturated rings. The molecule has 4 aliphatic carbocycles. The number of benzene rings is 1. The van der Waals surface area contributed by atoms with Gasteiger partial charge in [-0.25, -0.2) is 4.98 Å². The lowest BCUT2D eigenvalue weighted by Crippen LogP contribution is -2.47. The number of aromatic amines is 1. The zero-order chi connectivity index (χ0) is 19.8. The van der Waals surface area contributed by atoms with Crippen LogP contribution in [-0.4, -0.2) is 34.8 Å². The first kappa shape index (κ1) is 19.3. The van der Waals surface area contributed by atoms with Crippen LogP contribution < -0.4 is 10.1 Å². The Hall–Kier alpha value is -1.69. The van der Waals surface area contributed by atoms with Crippen LogP contribution in [0.2, 0.25) is 0 Å². The van der Waals surface area contributed by atoms with Gasteiger partial charge in [-0.05, 0) is 87.2 Å². The molecule has 2 aromatic rings. The van der Waals surface area contributed by atoms with Crippen LogP contribution in [0.3, 0.4) is 0 Å². The largest absolute Gasteiger partial charge is 0.494 e. The number of amides is 1. The number of carbonyl (C=O) groups excluding carboxylic acids is 1. The van der Waals surface area contributed by atoms with E-state index in [4.69, 9.17) is 4.74 Å². The average Bonchev–Trinajstić information content (AvgIpc) is 3.08. The first-order valence-corrected chi connectivity index (χ1v) is 12.1. The molecule has 0 spiro atoms. The predicted molar refractivity (Wildman–Crippen MR) is 116 cm³/mol. The van der Waals surface area contributed by atoms with Crippen molar-refractivity contribution in [2.24, 2.45) is 23.2 Å². The molecule has 0 atom stereocenters. The Morgan fingerprint density at radius 2 is 1.97 bits per heavy atom. The molecule has 1 heterocycles. The number of hydrogen-bond donors (Lipinski definition) is 2. The number of rotatable bonds is 8. The van der Waals surface area contributed by atoms with Crippen LogP contribution in [0.5, 0.6) is 5.75 Å². The van der Waals surface area contributed by atoms with Crippen molar-refractivity contribution in [2.75, 3.05) is 18.9 Å². The molecule has 1 aromatic carbocycles. The third kappa shape index (κ3) is 4.14. The zero-order valence-electron chi connectivity index (χ0n) is 17.2. The van der Waals surface area contributed by atoms with E-state index in [1.807, 2.05) is 25.1 Å². The van der Waals surface area contributed by atoms with Crippen LogP contribution in [0.1, 0.15) is 51.9 Å². The number of carbonyl (C=O) groups is 1. The summed E-state index contributed by atoms with van der Waals surface area (Å²) in [5.74, 6) is 4.27. The molecule has 5 nitrogen and oxygen atoms in total. The van der Waals surface area contributed by atoms with Gasteiger partial charge < -0.3 is 15.0 Å². The number of hydrogen-bond acceptors (Lipinski definition) is 4. The number of nitrogens with one attached hydrogen (secondary N) is 2. The van der Waals surface area contributed by atoms with Crippen molar-refractivity contribution in [1.82, 2.24) is 15.3 Å². The molecule has 29 heavy (non-hydrogen) atoms. The fourth-order valence-corrected chi connectivity index (χ4v) is 7.25. The average molecular weight is 414 g/mol. The minimum atomic E-state index is 0.107. The highest BCUT2D eigenvalue weighted by atomic mass is 32.2. The van der Waals surface area contributed by atoms with E-state index < -0.39 is 0 Å². The molecular formula is C23H31N3O2S. The summed E-state index contributed by atoms with van der Waals surface area (Å²) >= 11 is 1.46. The Bertz CT molecular complexity index is 858. The second-order valence-electron chi connectivity index (χ2n) is 9.46. The highest BCUT2D eigenvalue weighted by Crippen LogP contribution is 2.61. The lowest BCUT2D eigenvalue weighted by atomic mass is 9.49. The summed E-state index contributed by atoms with van der Waals surface area (Å²) in [6.45, 7) is 3.44. The van der Waals surface area contributed by atoms with Gasteiger partial charge in [-0.15, -0.1) is 0 Å². The number of nitrogens with zero attached hydrogens (tertiary/aromatic N) is 1. The predicted octanol–water partition coefficient (Wildman–Crippen LogP) is 4.78. The van der Waals surface area contributed by atoms with E-state index in [1.54, 1.807) is 0 Å². The van der Waals surface area contributed by atoms with Crippen LogP contribution >= 0.6 is 11.8 Å². The molecule has 156 valence electrons. The molecule has 0 unspecified atom stereocenters. The SMILES string of the molecule is CCOc1ccc2nc(SCC(=O)NCCC34CC5CC(CC(C5)C3)C4)[nH]c2c1. The molecule has 4 bridgehead atoms. The lowest BCUT2D eigenvalue weighted by molar-refractivity contribution is -0.119. The summed E-state index contributed by atoms with van der Waals surface area (Å²) in [5, 5.41) is 3.95. The first-order valence-electron chi connectivity index (χ1n) is 11.1. The molecule has 4 aliphatic rings. The van der Waals surface area contributed by atoms with Crippen LogP contribution in [0, 0.1) is 23.2 Å². The van der Waals surface area contributed by atoms with Gasteiger partial charge in [-0.2, -0.15) is 0 Å². The van der Waals surface area contributed by atoms with Crippen molar-refractivity contribution in [3.05, 3.63) is 18.2 Å². The maximum atomic E-state index is 12.4. The Morgan fingerprint density at radius 3 is 2.66 bits per heavy atom. The maximum Gasteiger partial charge on any atom is 0.230 e. The maximum absolute atomic E-state index is 12.4. The van der Waals surface area contributed by atoms with Crippen molar-refractivity contribution in [2.45, 2.75) is 57.0 Å². The van der Waals surface area contributed by atoms with Gasteiger partial charge in [0.1, 0.15) is 5.75 Å². The third-order valence-corrected chi connectivity index (χ3v) is 8.10. The van der Waals surface area contributed by atoms with E-state index in [0.717, 1.165) is 52.7 Å². The quantitative estimate of drug-likeness (QED) is 0.612. The summed E-state index contributed by atoms with van der Waals surface area (Å²) in [4.78, 5) is 20.2. The van der Waals surface area contributed by atoms with Crippen LogP contribution in [0.25, 0.3) is 11.0 Å². The number of aromatic nitrogens is 2. The highest BCUT2D eigenvalue weighted by molar-refractivity contribution is 7.99. The van der Waals surface area contributed by atoms with Crippen molar-refractivity contribution in [3.63, 3.8) is 0 Å². The zero-order valence-corrected chi connectivity index (χ0v) is 18.0. The van der Waals surface area contributed by atoms with Gasteiger partial charge in [0.25, 0.3) is 0 Å². The molecule has 0 radical (unpaired) electrons. The van der Waals surface area contributed by atoms with E-state index in [-0.39, 0.29) is 5.91 Å². The van der Waals surface area contributed by atoms with Gasteiger partial charge in [-0.1, -0.05) is 11.8 Å². The van der Waals surface area contributed by atoms with Crippen LogP contribution in [0.15, 0.2) is 23.4 Å². The molecule has 4 saturated carbocycles. The van der Waals surface area contributed by atoms with Gasteiger partial charge in [0.05, 0.1) is 23.4 Å². The molecule has 6 heteroatoms. The van der Waals surface area contributed by atoms with Crippen molar-refractivity contribution >= 4 is 28.7 Å². The van der Waals surface area contributed by atoms with Crippen molar-refractivity contribution in [3.8, 4) is 5.75 Å². The molecular weight excluding hydrogens is 382 g/mol. The summed E-state index contributed by atoms with van der Waals surface area (Å²) < 4.78 is 5.53. The van der Waals surface area contributed by atoms with Crippen LogP contribution in [0.4, 0.5) is 0 Å². The van der Waals surface area contributed by atoms with E-state index >= 15 is 0 Å². The Balaban J connectivity index is 1.10. The van der Waals surface area contributed by atoms with E-state index in [0.29, 0.717) is 17.8 Å². The van der Waals surface area contributed by atoms with Gasteiger partial charge >= 0.3 is 0 Å². The summed E-state index contributed by atoms with van der Waals surface area (Å²) in [5.41, 5.74) is 2.38. The van der Waals surface area contributed by atoms with E-state index in [1.165, 1.54) is 50.3 Å². The standard InChI is InChI=1S/C23H31N3O2S/c1-2-28-18-3-4-19-20(10-18)26-22(25-19)29-14-21(27)24-6-5-23-11-15-7-16(12-23)9-17(8-15)13-23/h3-4,10,15-17H,2,5-9,11-14H2,1H3,(H,24,27)(H,25,26). The van der Waals surface area contributed by atoms with Crippen molar-refractivity contribution in [1.29, 1.82) is 0 Å². The first-order chi connectivity index (χ1) is 14.1. The number of imidazole rings is 1. The second kappa shape index (κ2) is 7.86. The molecule has 1 aromatic heterocycles. The number of thioether (sulfide) groups is 1. The Labute approximate surface area is 176 Å². The fourth-order valence-electron chi connectivity index (χ4n) is 6.54. The van der Waals surface area contributed by atoms with Crippen LogP contribution in [-0.2, 0) is 4.79 Å². The molecule has 2 N–H and O–H groups in total. The highest BCUT2D eigenvalue weighted by Gasteiger charge is 2.50. The normalized spacial score (nSPS) is 30.0. The van der Waals surface area contributed by atoms with Gasteiger partial charge in [0.2, 0.25) is 5.91 Å². The minimum Gasteiger partial charge on any atom is -0.494 e. The lowest BCUT2D eigenvalue weighted by Gasteiger charge is -2.57. The monoisotopic (exact) mass is 413 g/mol. The number of ether oxygens (including phenoxy) is 1. The van der Waals surface area contributed by atoms with Gasteiger partial charge in [-0.3, -0.25) is 4.79 Å². The molecule has 1 amide bonds. The Morgan fingerprint density at radius 1 is 1.24 bits per heavy atom. The number of H-pyrrole nitrogens is 1. The van der Waals surface area contributed by atoms with E-state index in [2.05, 4.69) is 15.3 Å². The van der Waals surface area contributed by atoms with Gasteiger partial charge in [0.15, 0.2) is 5.16 Å². The summed E-state index contributed by atoms with van der Waals surface area (Å²) in [7, 11) is 0. The van der Waals surface area contributed by atoms with Gasteiger partial charge in [0, 0.05) is 12.6 Å². The Kier molecular flexibility index (Phi) is 5.23. The second-order valence-corrected chi connectivity index (χ2v) is 10.4. The minimum absolute atomic E-state index is 0.107. The summed E-state index contributed by atoms with van der Waals surface area (Å²) in [6.07, 6.45) is 9.83. The molecule has 0 saturated heterocycles. The third-order valence-electron chi connectivity index (χ3n) is 7.23. The van der Waals surface area contributed by atoms with Crippen molar-refractivity contribution < 1.29 is 9.53 Å². The fraction of sp³-hybridized carbons (Fsp3) is 0.652. The van der Waals surface area contributed by atoms with E-state index in [9.17, 15) is 4.79 Å². The molecule has 6 rings (SSSR count). The topological polar surface area (TPSA) is 67.0 Å². The number of fused-ring (bicyclic) bond motifs is 1. The summed E-state index contributed by atoms with van der Waals surface area (Å²) in [6, 6.07) is 5.84. The smallest absolute Gasteiger partial charge is 0.230 e. The molecule has 0 aliphatic heterocycles.